The Morgan fingerprint density at radius 3 is 2.62 bits per heavy atom. The number of hydrogen-bond acceptors (Lipinski definition) is 3. The van der Waals surface area contributed by atoms with Crippen LogP contribution in [0.15, 0.2) is 30.3 Å². The van der Waals surface area contributed by atoms with Crippen molar-refractivity contribution < 1.29 is 9.78 Å². The van der Waals surface area contributed by atoms with E-state index in [0.29, 0.717) is 0 Å². The predicted octanol–water partition coefficient (Wildman–Crippen LogP) is 2.17. The number of nitrogens with one attached hydrogen (secondary N) is 1. The summed E-state index contributed by atoms with van der Waals surface area (Å²) in [7, 11) is 0. The highest BCUT2D eigenvalue weighted by atomic mass is 17.2. The Labute approximate surface area is 77.6 Å². The fourth-order valence-corrected chi connectivity index (χ4v) is 1.35. The van der Waals surface area contributed by atoms with Gasteiger partial charge in [0.25, 0.3) is 0 Å². The van der Waals surface area contributed by atoms with Gasteiger partial charge in [0.05, 0.1) is 6.10 Å². The highest BCUT2D eigenvalue weighted by Crippen LogP contribution is 2.18. The number of benzene rings is 1. The van der Waals surface area contributed by atoms with Crippen LogP contribution in [0.25, 0.3) is 0 Å². The zero-order valence-electron chi connectivity index (χ0n) is 7.57. The molecule has 1 aliphatic heterocycles. The lowest BCUT2D eigenvalue weighted by Gasteiger charge is -2.10. The molecule has 0 aliphatic carbocycles. The smallest absolute Gasteiger partial charge is 0.165 e. The van der Waals surface area contributed by atoms with Crippen LogP contribution >= 0.6 is 0 Å². The van der Waals surface area contributed by atoms with Gasteiger partial charge < -0.3 is 5.32 Å². The first kappa shape index (κ1) is 8.53. The fraction of sp³-hybridized carbons (Fsp3) is 0.400. The van der Waals surface area contributed by atoms with E-state index in [1.54, 1.807) is 0 Å². The standard InChI is InChI=1S/C10H13NO2/c1-8-7-10(13-12-8)11-9-5-3-2-4-6-9/h2-6,8,10-11H,7H2,1H3/t8-,10-/m1/s1. The third kappa shape index (κ3) is 2.20. The maximum absolute atomic E-state index is 5.06. The summed E-state index contributed by atoms with van der Waals surface area (Å²) in [5, 5.41) is 3.22. The molecular weight excluding hydrogens is 166 g/mol. The molecule has 1 fully saturated rings. The molecule has 1 aromatic carbocycles. The van der Waals surface area contributed by atoms with Crippen molar-refractivity contribution in [2.75, 3.05) is 5.32 Å². The second kappa shape index (κ2) is 3.77. The molecule has 1 saturated heterocycles. The summed E-state index contributed by atoms with van der Waals surface area (Å²) in [4.78, 5) is 10.0. The fourth-order valence-electron chi connectivity index (χ4n) is 1.35. The van der Waals surface area contributed by atoms with E-state index in [1.807, 2.05) is 37.3 Å². The van der Waals surface area contributed by atoms with Crippen LogP contribution in [-0.2, 0) is 9.78 Å². The maximum atomic E-state index is 5.06. The SMILES string of the molecule is C[C@@H]1C[C@H](Nc2ccccc2)OO1. The minimum Gasteiger partial charge on any atom is -0.358 e. The van der Waals surface area contributed by atoms with Gasteiger partial charge in [-0.05, 0) is 19.1 Å². The molecule has 1 aliphatic rings. The van der Waals surface area contributed by atoms with Gasteiger partial charge in [0.1, 0.15) is 0 Å². The van der Waals surface area contributed by atoms with Gasteiger partial charge in [-0.1, -0.05) is 18.2 Å². The Kier molecular flexibility index (Phi) is 2.47. The Hall–Kier alpha value is -1.06. The Balaban J connectivity index is 1.92. The molecule has 0 spiro atoms. The van der Waals surface area contributed by atoms with E-state index >= 15 is 0 Å². The van der Waals surface area contributed by atoms with Crippen molar-refractivity contribution in [1.82, 2.24) is 0 Å². The highest BCUT2D eigenvalue weighted by molar-refractivity contribution is 5.42. The molecule has 3 heteroatoms. The Morgan fingerprint density at radius 2 is 2.00 bits per heavy atom. The lowest BCUT2D eigenvalue weighted by atomic mass is 10.2. The Bertz CT molecular complexity index is 263. The van der Waals surface area contributed by atoms with Crippen molar-refractivity contribution in [1.29, 1.82) is 0 Å². The van der Waals surface area contributed by atoms with Crippen molar-refractivity contribution in [3.8, 4) is 0 Å². The van der Waals surface area contributed by atoms with Crippen LogP contribution in [0.5, 0.6) is 0 Å². The molecule has 70 valence electrons. The second-order valence-corrected chi connectivity index (χ2v) is 3.24. The van der Waals surface area contributed by atoms with Crippen LogP contribution in [0.2, 0.25) is 0 Å². The van der Waals surface area contributed by atoms with E-state index in [1.165, 1.54) is 0 Å². The van der Waals surface area contributed by atoms with Crippen LogP contribution in [-0.4, -0.2) is 12.3 Å². The molecule has 0 unspecified atom stereocenters. The Morgan fingerprint density at radius 1 is 1.23 bits per heavy atom. The summed E-state index contributed by atoms with van der Waals surface area (Å²) in [5.74, 6) is 0. The molecule has 1 N–H and O–H groups in total. The molecule has 0 aromatic heterocycles. The first-order valence-electron chi connectivity index (χ1n) is 4.48. The third-order valence-corrected chi connectivity index (χ3v) is 1.98. The summed E-state index contributed by atoms with van der Waals surface area (Å²) in [6.07, 6.45) is 1.05. The topological polar surface area (TPSA) is 30.5 Å². The summed E-state index contributed by atoms with van der Waals surface area (Å²) in [6.45, 7) is 1.99. The summed E-state index contributed by atoms with van der Waals surface area (Å²) in [5.41, 5.74) is 1.06. The van der Waals surface area contributed by atoms with E-state index in [-0.39, 0.29) is 12.3 Å². The predicted molar refractivity (Wildman–Crippen MR) is 50.1 cm³/mol. The number of para-hydroxylation sites is 1. The van der Waals surface area contributed by atoms with Crippen LogP contribution in [0.4, 0.5) is 5.69 Å². The third-order valence-electron chi connectivity index (χ3n) is 1.98. The highest BCUT2D eigenvalue weighted by Gasteiger charge is 2.23. The van der Waals surface area contributed by atoms with E-state index in [0.717, 1.165) is 12.1 Å². The molecular formula is C10H13NO2. The van der Waals surface area contributed by atoms with Crippen LogP contribution in [0.3, 0.4) is 0 Å². The summed E-state index contributed by atoms with van der Waals surface area (Å²) < 4.78 is 0. The lowest BCUT2D eigenvalue weighted by molar-refractivity contribution is -0.288. The van der Waals surface area contributed by atoms with E-state index < -0.39 is 0 Å². The maximum Gasteiger partial charge on any atom is 0.165 e. The van der Waals surface area contributed by atoms with Gasteiger partial charge in [0, 0.05) is 12.1 Å². The number of rotatable bonds is 2. The van der Waals surface area contributed by atoms with Crippen molar-refractivity contribution >= 4 is 5.69 Å². The van der Waals surface area contributed by atoms with Gasteiger partial charge in [-0.25, -0.2) is 9.78 Å². The molecule has 0 radical (unpaired) electrons. The minimum atomic E-state index is -0.0163. The van der Waals surface area contributed by atoms with Crippen molar-refractivity contribution in [2.24, 2.45) is 0 Å². The van der Waals surface area contributed by atoms with Gasteiger partial charge in [0.2, 0.25) is 0 Å². The molecule has 0 saturated carbocycles. The molecule has 0 amide bonds. The molecule has 2 rings (SSSR count). The van der Waals surface area contributed by atoms with Crippen molar-refractivity contribution in [3.05, 3.63) is 30.3 Å². The quantitative estimate of drug-likeness (QED) is 0.706. The molecule has 0 bridgehead atoms. The second-order valence-electron chi connectivity index (χ2n) is 3.24. The molecule has 2 atom stereocenters. The van der Waals surface area contributed by atoms with E-state index in [4.69, 9.17) is 9.78 Å². The molecule has 3 nitrogen and oxygen atoms in total. The van der Waals surface area contributed by atoms with Gasteiger partial charge in [0.15, 0.2) is 6.23 Å². The van der Waals surface area contributed by atoms with E-state index in [9.17, 15) is 0 Å². The monoisotopic (exact) mass is 179 g/mol. The molecule has 1 aromatic rings. The number of hydrogen-bond donors (Lipinski definition) is 1. The zero-order valence-corrected chi connectivity index (χ0v) is 7.57. The average Bonchev–Trinajstić information content (AvgIpc) is 2.53. The normalized spacial score (nSPS) is 27.5. The van der Waals surface area contributed by atoms with Gasteiger partial charge >= 0.3 is 0 Å². The van der Waals surface area contributed by atoms with Crippen LogP contribution in [0.1, 0.15) is 13.3 Å². The summed E-state index contributed by atoms with van der Waals surface area (Å²) >= 11 is 0. The van der Waals surface area contributed by atoms with Gasteiger partial charge in [-0.2, -0.15) is 0 Å². The first-order chi connectivity index (χ1) is 6.34. The summed E-state index contributed by atoms with van der Waals surface area (Å²) in [6, 6.07) is 9.97. The molecule has 1 heterocycles. The van der Waals surface area contributed by atoms with Gasteiger partial charge in [-0.15, -0.1) is 0 Å². The first-order valence-corrected chi connectivity index (χ1v) is 4.48. The van der Waals surface area contributed by atoms with E-state index in [2.05, 4.69) is 5.32 Å². The van der Waals surface area contributed by atoms with Gasteiger partial charge in [-0.3, -0.25) is 0 Å². The van der Waals surface area contributed by atoms with Crippen LogP contribution < -0.4 is 5.32 Å². The lowest BCUT2D eigenvalue weighted by Crippen LogP contribution is -2.17. The van der Waals surface area contributed by atoms with Crippen LogP contribution in [0, 0.1) is 0 Å². The largest absolute Gasteiger partial charge is 0.358 e. The zero-order chi connectivity index (χ0) is 9.10. The van der Waals surface area contributed by atoms with Crippen molar-refractivity contribution in [2.45, 2.75) is 25.7 Å². The minimum absolute atomic E-state index is 0.0163. The van der Waals surface area contributed by atoms with Crippen molar-refractivity contribution in [3.63, 3.8) is 0 Å². The number of anilines is 1. The molecule has 13 heavy (non-hydrogen) atoms. The average molecular weight is 179 g/mol.